The lowest BCUT2D eigenvalue weighted by molar-refractivity contribution is -0.124. The molecule has 132 valence electrons. The van der Waals surface area contributed by atoms with E-state index in [1.807, 2.05) is 10.9 Å². The van der Waals surface area contributed by atoms with E-state index in [1.54, 1.807) is 0 Å². The fraction of sp³-hybridized carbons (Fsp3) is 0.789. The predicted octanol–water partition coefficient (Wildman–Crippen LogP) is 2.78. The van der Waals surface area contributed by atoms with Gasteiger partial charge in [-0.05, 0) is 50.9 Å². The van der Waals surface area contributed by atoms with E-state index >= 15 is 0 Å². The van der Waals surface area contributed by atoms with Gasteiger partial charge in [-0.15, -0.1) is 0 Å². The number of nitrogens with zero attached hydrogens (tertiary/aromatic N) is 2. The Hall–Kier alpha value is -1.36. The fourth-order valence-corrected chi connectivity index (χ4v) is 4.69. The second-order valence-electron chi connectivity index (χ2n) is 7.95. The Morgan fingerprint density at radius 1 is 1.25 bits per heavy atom. The van der Waals surface area contributed by atoms with Gasteiger partial charge in [0.2, 0.25) is 5.91 Å². The van der Waals surface area contributed by atoms with E-state index in [0.717, 1.165) is 30.4 Å². The van der Waals surface area contributed by atoms with Gasteiger partial charge < -0.3 is 10.6 Å². The van der Waals surface area contributed by atoms with Crippen molar-refractivity contribution in [3.05, 3.63) is 18.0 Å². The van der Waals surface area contributed by atoms with Gasteiger partial charge >= 0.3 is 0 Å². The van der Waals surface area contributed by atoms with E-state index in [-0.39, 0.29) is 11.9 Å². The van der Waals surface area contributed by atoms with E-state index in [1.165, 1.54) is 38.5 Å². The summed E-state index contributed by atoms with van der Waals surface area (Å²) >= 11 is 0. The van der Waals surface area contributed by atoms with Gasteiger partial charge in [-0.3, -0.25) is 9.48 Å². The van der Waals surface area contributed by atoms with Crippen LogP contribution in [0.15, 0.2) is 12.4 Å². The smallest absolute Gasteiger partial charge is 0.220 e. The number of carbonyl (C=O) groups excluding carboxylic acids is 1. The molecule has 4 atom stereocenters. The molecule has 0 spiro atoms. The molecule has 2 aliphatic carbocycles. The molecule has 1 aromatic heterocycles. The summed E-state index contributed by atoms with van der Waals surface area (Å²) in [6.07, 6.45) is 13.9. The van der Waals surface area contributed by atoms with Crippen LogP contribution in [-0.2, 0) is 11.3 Å². The highest BCUT2D eigenvalue weighted by Crippen LogP contribution is 2.44. The molecule has 0 bridgehead atoms. The van der Waals surface area contributed by atoms with E-state index < -0.39 is 0 Å². The van der Waals surface area contributed by atoms with E-state index in [9.17, 15) is 4.79 Å². The van der Waals surface area contributed by atoms with Gasteiger partial charge in [-0.2, -0.15) is 5.10 Å². The minimum Gasteiger partial charge on any atom is -0.348 e. The standard InChI is InChI=1S/C19H30N4O/c1-2-23-12-15(11-20-23)19-17(8-9-18(24)22-19)21-16-5-3-4-14(10-16)13-6-7-13/h11-14,16-17,19,21H,2-10H2,1H3,(H,22,24)/t14?,16?,17-,19+/m1/s1. The minimum absolute atomic E-state index is 0.0628. The van der Waals surface area contributed by atoms with Crippen molar-refractivity contribution in [1.82, 2.24) is 20.4 Å². The second-order valence-corrected chi connectivity index (χ2v) is 7.95. The monoisotopic (exact) mass is 330 g/mol. The first kappa shape index (κ1) is 16.1. The summed E-state index contributed by atoms with van der Waals surface area (Å²) in [5.74, 6) is 2.12. The number of amides is 1. The third kappa shape index (κ3) is 3.51. The van der Waals surface area contributed by atoms with Gasteiger partial charge in [0.1, 0.15) is 0 Å². The van der Waals surface area contributed by atoms with E-state index in [4.69, 9.17) is 0 Å². The van der Waals surface area contributed by atoms with Crippen LogP contribution in [0.4, 0.5) is 0 Å². The molecule has 3 fully saturated rings. The molecule has 24 heavy (non-hydrogen) atoms. The van der Waals surface area contributed by atoms with Crippen LogP contribution in [0.1, 0.15) is 69.9 Å². The zero-order valence-electron chi connectivity index (χ0n) is 14.7. The van der Waals surface area contributed by atoms with Crippen molar-refractivity contribution in [2.75, 3.05) is 0 Å². The number of piperidine rings is 1. The quantitative estimate of drug-likeness (QED) is 0.873. The van der Waals surface area contributed by atoms with Gasteiger partial charge in [-0.25, -0.2) is 0 Å². The highest BCUT2D eigenvalue weighted by Gasteiger charge is 2.37. The Balaban J connectivity index is 1.43. The van der Waals surface area contributed by atoms with Gasteiger partial charge in [0, 0.05) is 36.8 Å². The summed E-state index contributed by atoms with van der Waals surface area (Å²) in [6.45, 7) is 2.95. The van der Waals surface area contributed by atoms with E-state index in [0.29, 0.717) is 18.5 Å². The van der Waals surface area contributed by atoms with Gasteiger partial charge in [0.05, 0.1) is 12.2 Å². The summed E-state index contributed by atoms with van der Waals surface area (Å²) in [4.78, 5) is 11.9. The Kier molecular flexibility index (Phi) is 4.61. The van der Waals surface area contributed by atoms with Crippen molar-refractivity contribution in [3.8, 4) is 0 Å². The van der Waals surface area contributed by atoms with E-state index in [2.05, 4.69) is 28.9 Å². The van der Waals surface area contributed by atoms with Crippen LogP contribution in [-0.4, -0.2) is 27.8 Å². The number of carbonyl (C=O) groups is 1. The highest BCUT2D eigenvalue weighted by atomic mass is 16.1. The fourth-order valence-electron chi connectivity index (χ4n) is 4.69. The first-order valence-corrected chi connectivity index (χ1v) is 9.80. The van der Waals surface area contributed by atoms with Crippen molar-refractivity contribution >= 4 is 5.91 Å². The van der Waals surface area contributed by atoms with Gasteiger partial charge in [-0.1, -0.05) is 12.8 Å². The maximum atomic E-state index is 11.9. The number of hydrogen-bond donors (Lipinski definition) is 2. The van der Waals surface area contributed by atoms with Crippen LogP contribution in [0, 0.1) is 11.8 Å². The Morgan fingerprint density at radius 3 is 2.88 bits per heavy atom. The SMILES string of the molecule is CCn1cc([C@@H]2NC(=O)CC[C@H]2NC2CCCC(C3CC3)C2)cn1. The van der Waals surface area contributed by atoms with Crippen LogP contribution in [0.3, 0.4) is 0 Å². The first-order valence-electron chi connectivity index (χ1n) is 9.80. The summed E-state index contributed by atoms with van der Waals surface area (Å²) in [7, 11) is 0. The number of rotatable bonds is 5. The molecule has 0 aromatic carbocycles. The lowest BCUT2D eigenvalue weighted by Gasteiger charge is -2.38. The molecule has 4 rings (SSSR count). The number of hydrogen-bond acceptors (Lipinski definition) is 3. The molecule has 1 amide bonds. The largest absolute Gasteiger partial charge is 0.348 e. The van der Waals surface area contributed by atoms with Crippen LogP contribution in [0.2, 0.25) is 0 Å². The molecule has 1 aliphatic heterocycles. The van der Waals surface area contributed by atoms with Gasteiger partial charge in [0.15, 0.2) is 0 Å². The molecular formula is C19H30N4O. The molecule has 1 saturated heterocycles. The summed E-state index contributed by atoms with van der Waals surface area (Å²) in [5, 5.41) is 11.5. The average molecular weight is 330 g/mol. The van der Waals surface area contributed by atoms with Gasteiger partial charge in [0.25, 0.3) is 0 Å². The van der Waals surface area contributed by atoms with Crippen molar-refractivity contribution in [3.63, 3.8) is 0 Å². The summed E-state index contributed by atoms with van der Waals surface area (Å²) < 4.78 is 1.94. The molecule has 5 nitrogen and oxygen atoms in total. The molecule has 0 radical (unpaired) electrons. The van der Waals surface area contributed by atoms with Crippen molar-refractivity contribution in [1.29, 1.82) is 0 Å². The maximum Gasteiger partial charge on any atom is 0.220 e. The molecule has 2 N–H and O–H groups in total. The topological polar surface area (TPSA) is 59.0 Å². The zero-order valence-corrected chi connectivity index (χ0v) is 14.7. The van der Waals surface area contributed by atoms with Crippen LogP contribution >= 0.6 is 0 Å². The highest BCUT2D eigenvalue weighted by molar-refractivity contribution is 5.77. The van der Waals surface area contributed by atoms with Crippen molar-refractivity contribution < 1.29 is 4.79 Å². The molecule has 3 aliphatic rings. The predicted molar refractivity (Wildman–Crippen MR) is 93.4 cm³/mol. The lowest BCUT2D eigenvalue weighted by Crippen LogP contribution is -2.52. The molecule has 5 heteroatoms. The van der Waals surface area contributed by atoms with Crippen LogP contribution in [0.5, 0.6) is 0 Å². The zero-order chi connectivity index (χ0) is 16.5. The minimum atomic E-state index is 0.0628. The number of aromatic nitrogens is 2. The number of aryl methyl sites for hydroxylation is 1. The average Bonchev–Trinajstić information content (AvgIpc) is 3.34. The second kappa shape index (κ2) is 6.87. The maximum absolute atomic E-state index is 11.9. The summed E-state index contributed by atoms with van der Waals surface area (Å²) in [6, 6.07) is 1.01. The molecule has 2 unspecified atom stereocenters. The molecular weight excluding hydrogens is 300 g/mol. The third-order valence-corrected chi connectivity index (χ3v) is 6.19. The van der Waals surface area contributed by atoms with Crippen LogP contribution in [0.25, 0.3) is 0 Å². The Labute approximate surface area is 144 Å². The van der Waals surface area contributed by atoms with Crippen LogP contribution < -0.4 is 10.6 Å². The molecule has 1 aromatic rings. The Bertz CT molecular complexity index is 580. The normalized spacial score (nSPS) is 34.1. The first-order chi connectivity index (χ1) is 11.7. The third-order valence-electron chi connectivity index (χ3n) is 6.19. The Morgan fingerprint density at radius 2 is 2.12 bits per heavy atom. The van der Waals surface area contributed by atoms with Crippen molar-refractivity contribution in [2.45, 2.75) is 83.0 Å². The van der Waals surface area contributed by atoms with Crippen molar-refractivity contribution in [2.24, 2.45) is 11.8 Å². The lowest BCUT2D eigenvalue weighted by atomic mass is 9.81. The molecule has 2 heterocycles. The number of nitrogens with one attached hydrogen (secondary N) is 2. The summed E-state index contributed by atoms with van der Waals surface area (Å²) in [5.41, 5.74) is 1.14. The molecule has 2 saturated carbocycles.